The van der Waals surface area contributed by atoms with Gasteiger partial charge in [0.1, 0.15) is 5.82 Å². The number of benzene rings is 2. The van der Waals surface area contributed by atoms with E-state index in [9.17, 15) is 4.79 Å². The second-order valence-corrected chi connectivity index (χ2v) is 9.04. The normalized spacial score (nSPS) is 17.2. The highest BCUT2D eigenvalue weighted by molar-refractivity contribution is 7.80. The molecule has 2 atom stereocenters. The number of anilines is 1. The average molecular weight is 501 g/mol. The first-order valence-corrected chi connectivity index (χ1v) is 11.9. The van der Waals surface area contributed by atoms with Crippen LogP contribution in [0.1, 0.15) is 45.1 Å². The van der Waals surface area contributed by atoms with Crippen molar-refractivity contribution in [3.8, 4) is 5.69 Å². The molecule has 0 spiro atoms. The lowest BCUT2D eigenvalue weighted by Gasteiger charge is -2.28. The lowest BCUT2D eigenvalue weighted by molar-refractivity contribution is 0.0600. The van der Waals surface area contributed by atoms with Crippen LogP contribution in [0.5, 0.6) is 0 Å². The Kier molecular flexibility index (Phi) is 6.28. The van der Waals surface area contributed by atoms with E-state index in [4.69, 9.17) is 17.0 Å². The van der Waals surface area contributed by atoms with Crippen LogP contribution in [0.25, 0.3) is 5.69 Å². The van der Waals surface area contributed by atoms with Crippen molar-refractivity contribution >= 4 is 29.0 Å². The predicted molar refractivity (Wildman–Crippen MR) is 141 cm³/mol. The minimum atomic E-state index is -0.397. The van der Waals surface area contributed by atoms with Crippen LogP contribution in [0.3, 0.4) is 0 Å². The molecule has 3 heterocycles. The van der Waals surface area contributed by atoms with Gasteiger partial charge in [-0.2, -0.15) is 0 Å². The number of para-hydroxylation sites is 1. The summed E-state index contributed by atoms with van der Waals surface area (Å²) in [7, 11) is 1.37. The van der Waals surface area contributed by atoms with Gasteiger partial charge < -0.3 is 19.5 Å². The molecule has 6 nitrogen and oxygen atoms in total. The van der Waals surface area contributed by atoms with E-state index in [0.29, 0.717) is 16.4 Å². The Hall–Kier alpha value is -4.04. The third-order valence-corrected chi connectivity index (χ3v) is 6.84. The van der Waals surface area contributed by atoms with Crippen molar-refractivity contribution in [2.24, 2.45) is 0 Å². The number of carbonyl (C=O) groups is 1. The highest BCUT2D eigenvalue weighted by Crippen LogP contribution is 2.44. The third kappa shape index (κ3) is 4.03. The number of hydrogen-bond acceptors (Lipinski definition) is 4. The highest BCUT2D eigenvalue weighted by atomic mass is 32.1. The Labute approximate surface area is 214 Å². The van der Waals surface area contributed by atoms with E-state index in [2.05, 4.69) is 20.9 Å². The number of pyridine rings is 1. The molecule has 36 heavy (non-hydrogen) atoms. The van der Waals surface area contributed by atoms with Gasteiger partial charge in [0.2, 0.25) is 0 Å². The van der Waals surface area contributed by atoms with Gasteiger partial charge in [-0.25, -0.2) is 9.18 Å². The minimum Gasteiger partial charge on any atom is -0.465 e. The largest absolute Gasteiger partial charge is 0.465 e. The summed E-state index contributed by atoms with van der Waals surface area (Å²) < 4.78 is 22.0. The molecule has 1 N–H and O–H groups in total. The quantitative estimate of drug-likeness (QED) is 0.285. The van der Waals surface area contributed by atoms with E-state index < -0.39 is 5.97 Å². The van der Waals surface area contributed by atoms with E-state index in [0.717, 1.165) is 28.3 Å². The first-order chi connectivity index (χ1) is 17.4. The van der Waals surface area contributed by atoms with E-state index in [1.807, 2.05) is 49.1 Å². The molecule has 2 aromatic carbocycles. The maximum absolute atomic E-state index is 15.0. The number of nitrogens with one attached hydrogen (secondary N) is 1. The number of carbonyl (C=O) groups excluding carboxylic acids is 1. The number of aryl methyl sites for hydroxylation is 1. The number of hydrogen-bond donors (Lipinski definition) is 1. The summed E-state index contributed by atoms with van der Waals surface area (Å²) in [6.07, 6.45) is 1.74. The minimum absolute atomic E-state index is 0.298. The van der Waals surface area contributed by atoms with Crippen molar-refractivity contribution in [3.63, 3.8) is 0 Å². The van der Waals surface area contributed by atoms with Gasteiger partial charge in [0, 0.05) is 23.3 Å². The summed E-state index contributed by atoms with van der Waals surface area (Å²) >= 11 is 5.73. The molecule has 1 aliphatic heterocycles. The highest BCUT2D eigenvalue weighted by Gasteiger charge is 2.43. The molecule has 4 aromatic rings. The standard InChI is InChI=1S/C28H25FN4O2S/c1-17-15-21(18(2)32(17)20-10-8-9-19(16-20)27(34)35-3)26-25(23-12-6-7-14-30-23)31-28(36)33(26)24-13-5-4-11-22(24)29/h4-16,25-26H,1-3H3,(H,31,36)/t25-,26+/m1/s1. The van der Waals surface area contributed by atoms with E-state index in [1.165, 1.54) is 13.2 Å². The fourth-order valence-electron chi connectivity index (χ4n) is 4.95. The summed E-state index contributed by atoms with van der Waals surface area (Å²) in [4.78, 5) is 18.6. The number of thiocarbonyl (C=S) groups is 1. The number of methoxy groups -OCH3 is 1. The zero-order valence-electron chi connectivity index (χ0n) is 20.1. The Morgan fingerprint density at radius 2 is 1.83 bits per heavy atom. The molecule has 0 unspecified atom stereocenters. The van der Waals surface area contributed by atoms with Crippen LogP contribution in [0.15, 0.2) is 79.0 Å². The molecular weight excluding hydrogens is 475 g/mol. The first-order valence-electron chi connectivity index (χ1n) is 11.5. The topological polar surface area (TPSA) is 59.4 Å². The van der Waals surface area contributed by atoms with E-state index >= 15 is 4.39 Å². The van der Waals surface area contributed by atoms with Crippen molar-refractivity contribution in [2.45, 2.75) is 25.9 Å². The van der Waals surface area contributed by atoms with Crippen LogP contribution in [-0.2, 0) is 4.74 Å². The van der Waals surface area contributed by atoms with E-state index in [-0.39, 0.29) is 17.9 Å². The van der Waals surface area contributed by atoms with Gasteiger partial charge in [-0.1, -0.05) is 24.3 Å². The zero-order chi connectivity index (χ0) is 25.4. The smallest absolute Gasteiger partial charge is 0.337 e. The van der Waals surface area contributed by atoms with Gasteiger partial charge in [-0.15, -0.1) is 0 Å². The maximum Gasteiger partial charge on any atom is 0.337 e. The number of esters is 1. The molecule has 1 saturated heterocycles. The molecule has 1 aliphatic rings. The van der Waals surface area contributed by atoms with Gasteiger partial charge in [0.15, 0.2) is 5.11 Å². The van der Waals surface area contributed by atoms with Crippen LogP contribution in [0.2, 0.25) is 0 Å². The molecule has 0 saturated carbocycles. The Balaban J connectivity index is 1.68. The molecule has 2 aromatic heterocycles. The Morgan fingerprint density at radius 1 is 1.06 bits per heavy atom. The summed E-state index contributed by atoms with van der Waals surface area (Å²) in [5.74, 6) is -0.751. The second kappa shape index (κ2) is 9.54. The number of aromatic nitrogens is 2. The monoisotopic (exact) mass is 500 g/mol. The molecular formula is C28H25FN4O2S. The molecule has 1 fully saturated rings. The van der Waals surface area contributed by atoms with Gasteiger partial charge in [0.05, 0.1) is 36.1 Å². The fourth-order valence-corrected chi connectivity index (χ4v) is 5.29. The number of nitrogens with zero attached hydrogens (tertiary/aromatic N) is 3. The Morgan fingerprint density at radius 3 is 2.56 bits per heavy atom. The molecule has 0 aliphatic carbocycles. The van der Waals surface area contributed by atoms with Crippen LogP contribution in [0, 0.1) is 19.7 Å². The van der Waals surface area contributed by atoms with Crippen LogP contribution >= 0.6 is 12.2 Å². The summed E-state index contributed by atoms with van der Waals surface area (Å²) in [6.45, 7) is 4.02. The number of rotatable bonds is 5. The van der Waals surface area contributed by atoms with E-state index in [1.54, 1.807) is 36.5 Å². The molecule has 182 valence electrons. The predicted octanol–water partition coefficient (Wildman–Crippen LogP) is 5.59. The molecule has 5 rings (SSSR count). The molecule has 0 amide bonds. The summed E-state index contributed by atoms with van der Waals surface area (Å²) in [5, 5.41) is 3.81. The fraction of sp³-hybridized carbons (Fsp3) is 0.179. The van der Waals surface area contributed by atoms with Crippen molar-refractivity contribution in [2.75, 3.05) is 12.0 Å². The molecule has 0 bridgehead atoms. The lowest BCUT2D eigenvalue weighted by Crippen LogP contribution is -2.30. The number of halogens is 1. The second-order valence-electron chi connectivity index (χ2n) is 8.65. The van der Waals surface area contributed by atoms with Crippen molar-refractivity contribution in [1.29, 1.82) is 0 Å². The average Bonchev–Trinajstić information content (AvgIpc) is 3.39. The van der Waals surface area contributed by atoms with Crippen LogP contribution in [0.4, 0.5) is 10.1 Å². The van der Waals surface area contributed by atoms with Crippen LogP contribution < -0.4 is 10.2 Å². The maximum atomic E-state index is 15.0. The zero-order valence-corrected chi connectivity index (χ0v) is 20.9. The van der Waals surface area contributed by atoms with Gasteiger partial charge in [0.25, 0.3) is 0 Å². The van der Waals surface area contributed by atoms with Gasteiger partial charge in [-0.3, -0.25) is 4.98 Å². The van der Waals surface area contributed by atoms with Gasteiger partial charge in [-0.05, 0) is 80.2 Å². The lowest BCUT2D eigenvalue weighted by atomic mass is 9.96. The van der Waals surface area contributed by atoms with Crippen molar-refractivity contribution in [1.82, 2.24) is 14.9 Å². The summed E-state index contributed by atoms with van der Waals surface area (Å²) in [6, 6.07) is 21.1. The summed E-state index contributed by atoms with van der Waals surface area (Å²) in [5.41, 5.74) is 5.40. The molecule has 0 radical (unpaired) electrons. The first kappa shape index (κ1) is 23.7. The van der Waals surface area contributed by atoms with Crippen molar-refractivity contribution in [3.05, 3.63) is 113 Å². The third-order valence-electron chi connectivity index (χ3n) is 6.52. The Bertz CT molecular complexity index is 1450. The van der Waals surface area contributed by atoms with Crippen LogP contribution in [-0.4, -0.2) is 27.7 Å². The van der Waals surface area contributed by atoms with Crippen molar-refractivity contribution < 1.29 is 13.9 Å². The number of ether oxygens (including phenoxy) is 1. The molecule has 8 heteroatoms. The SMILES string of the molecule is COC(=O)c1cccc(-n2c(C)cc([C@H]3[C@@H](c4ccccn4)NC(=S)N3c3ccccc3F)c2C)c1. The van der Waals surface area contributed by atoms with Gasteiger partial charge >= 0.3 is 5.97 Å².